The molecule has 2 N–H and O–H groups in total. The maximum atomic E-state index is 14.4. The van der Waals surface area contributed by atoms with E-state index < -0.39 is 17.5 Å². The third kappa shape index (κ3) is 4.69. The smallest absolute Gasteiger partial charge is 0.251 e. The molecule has 0 spiro atoms. The molecule has 2 fully saturated rings. The van der Waals surface area contributed by atoms with Crippen LogP contribution in [0.5, 0.6) is 5.75 Å². The molecule has 1 aliphatic carbocycles. The minimum atomic E-state index is -0.837. The van der Waals surface area contributed by atoms with Gasteiger partial charge in [0, 0.05) is 48.9 Å². The topological polar surface area (TPSA) is 66.0 Å². The third-order valence-electron chi connectivity index (χ3n) is 5.32. The molecule has 0 radical (unpaired) electrons. The molecule has 1 saturated heterocycles. The monoisotopic (exact) mass is 414 g/mol. The molecule has 1 heterocycles. The van der Waals surface area contributed by atoms with Crippen molar-refractivity contribution in [2.24, 2.45) is 5.10 Å². The normalized spacial score (nSPS) is 16.2. The van der Waals surface area contributed by atoms with Crippen LogP contribution >= 0.6 is 0 Å². The number of benzene rings is 2. The molecule has 6 nitrogen and oxygen atoms in total. The van der Waals surface area contributed by atoms with Crippen LogP contribution in [-0.2, 0) is 0 Å². The van der Waals surface area contributed by atoms with Crippen LogP contribution < -0.4 is 20.4 Å². The highest BCUT2D eigenvalue weighted by Crippen LogP contribution is 2.25. The first-order valence-electron chi connectivity index (χ1n) is 10.0. The molecule has 30 heavy (non-hydrogen) atoms. The molecule has 0 unspecified atom stereocenters. The number of anilines is 2. The maximum Gasteiger partial charge on any atom is 0.251 e. The zero-order valence-corrected chi connectivity index (χ0v) is 16.8. The molecular formula is C22H24F2N4O2. The van der Waals surface area contributed by atoms with Crippen LogP contribution in [0, 0.1) is 11.6 Å². The van der Waals surface area contributed by atoms with Gasteiger partial charge in [-0.2, -0.15) is 5.10 Å². The van der Waals surface area contributed by atoms with E-state index in [-0.39, 0.29) is 17.3 Å². The first kappa shape index (κ1) is 20.1. The molecule has 8 heteroatoms. The molecule has 2 aromatic carbocycles. The number of ether oxygens (including phenoxy) is 1. The van der Waals surface area contributed by atoms with Gasteiger partial charge in [-0.15, -0.1) is 0 Å². The summed E-state index contributed by atoms with van der Waals surface area (Å²) < 4.78 is 33.9. The van der Waals surface area contributed by atoms with Crippen molar-refractivity contribution >= 4 is 23.0 Å². The van der Waals surface area contributed by atoms with Gasteiger partial charge in [0.15, 0.2) is 11.6 Å². The van der Waals surface area contributed by atoms with Gasteiger partial charge in [-0.25, -0.2) is 8.78 Å². The number of nitrogens with zero attached hydrogens (tertiary/aromatic N) is 2. The Bertz CT molecular complexity index is 925. The highest BCUT2D eigenvalue weighted by Gasteiger charge is 2.25. The van der Waals surface area contributed by atoms with Crippen molar-refractivity contribution in [1.82, 2.24) is 5.32 Å². The molecule has 158 valence electrons. The predicted molar refractivity (Wildman–Crippen MR) is 112 cm³/mol. The van der Waals surface area contributed by atoms with E-state index in [1.165, 1.54) is 0 Å². The molecule has 1 aliphatic heterocycles. The summed E-state index contributed by atoms with van der Waals surface area (Å²) in [5.41, 5.74) is 4.08. The van der Waals surface area contributed by atoms with Gasteiger partial charge in [0.1, 0.15) is 11.4 Å². The van der Waals surface area contributed by atoms with E-state index in [1.807, 2.05) is 24.3 Å². The van der Waals surface area contributed by atoms with Crippen molar-refractivity contribution in [3.05, 3.63) is 53.6 Å². The number of methoxy groups -OCH3 is 1. The Morgan fingerprint density at radius 2 is 1.73 bits per heavy atom. The number of nitrogens with one attached hydrogen (secondary N) is 2. The van der Waals surface area contributed by atoms with Gasteiger partial charge in [-0.3, -0.25) is 10.2 Å². The summed E-state index contributed by atoms with van der Waals surface area (Å²) >= 11 is 0. The van der Waals surface area contributed by atoms with Gasteiger partial charge < -0.3 is 15.0 Å². The number of carbonyl (C=O) groups is 1. The van der Waals surface area contributed by atoms with Gasteiger partial charge >= 0.3 is 0 Å². The van der Waals surface area contributed by atoms with E-state index in [0.29, 0.717) is 12.8 Å². The van der Waals surface area contributed by atoms with Crippen molar-refractivity contribution in [3.63, 3.8) is 0 Å². The first-order valence-corrected chi connectivity index (χ1v) is 10.0. The van der Waals surface area contributed by atoms with E-state index in [2.05, 4.69) is 20.7 Å². The second-order valence-electron chi connectivity index (χ2n) is 7.54. The SMILES string of the molecule is COc1ccc(N2CCC(=NNc3c(F)cc(C(=O)NC4CC4)cc3F)CC2)cc1. The molecule has 0 bridgehead atoms. The summed E-state index contributed by atoms with van der Waals surface area (Å²) in [4.78, 5) is 14.2. The average Bonchev–Trinajstić information content (AvgIpc) is 3.57. The zero-order valence-electron chi connectivity index (χ0n) is 16.8. The van der Waals surface area contributed by atoms with Crippen molar-refractivity contribution < 1.29 is 18.3 Å². The van der Waals surface area contributed by atoms with Crippen LogP contribution in [-0.4, -0.2) is 37.9 Å². The second kappa shape index (κ2) is 8.69. The highest BCUT2D eigenvalue weighted by molar-refractivity contribution is 5.95. The van der Waals surface area contributed by atoms with E-state index in [4.69, 9.17) is 4.74 Å². The molecule has 1 amide bonds. The number of hydrogen-bond donors (Lipinski definition) is 2. The number of amides is 1. The van der Waals surface area contributed by atoms with Gasteiger partial charge in [0.25, 0.3) is 5.91 Å². The number of rotatable bonds is 6. The minimum absolute atomic E-state index is 0.0251. The number of carbonyl (C=O) groups excluding carboxylic acids is 1. The fourth-order valence-electron chi connectivity index (χ4n) is 3.37. The lowest BCUT2D eigenvalue weighted by Crippen LogP contribution is -2.34. The fourth-order valence-corrected chi connectivity index (χ4v) is 3.37. The quantitative estimate of drug-likeness (QED) is 0.703. The molecule has 2 aliphatic rings. The van der Waals surface area contributed by atoms with Gasteiger partial charge in [-0.1, -0.05) is 0 Å². The van der Waals surface area contributed by atoms with Crippen LogP contribution in [0.4, 0.5) is 20.2 Å². The molecule has 0 atom stereocenters. The second-order valence-corrected chi connectivity index (χ2v) is 7.54. The van der Waals surface area contributed by atoms with Crippen molar-refractivity contribution in [2.45, 2.75) is 31.7 Å². The zero-order chi connectivity index (χ0) is 21.1. The molecule has 4 rings (SSSR count). The molecular weight excluding hydrogens is 390 g/mol. The Labute approximate surface area is 173 Å². The number of halogens is 2. The Kier molecular flexibility index (Phi) is 5.83. The highest BCUT2D eigenvalue weighted by atomic mass is 19.1. The van der Waals surface area contributed by atoms with E-state index in [1.54, 1.807) is 7.11 Å². The maximum absolute atomic E-state index is 14.4. The van der Waals surface area contributed by atoms with Gasteiger partial charge in [-0.05, 0) is 49.2 Å². The number of hydrazone groups is 1. The van der Waals surface area contributed by atoms with Crippen molar-refractivity contribution in [1.29, 1.82) is 0 Å². The molecule has 1 saturated carbocycles. The van der Waals surface area contributed by atoms with Crippen LogP contribution in [0.1, 0.15) is 36.0 Å². The standard InChI is InChI=1S/C22H24F2N4O2/c1-30-18-6-4-17(5-7-18)28-10-8-16(9-11-28)26-27-21-19(23)12-14(13-20(21)24)22(29)25-15-2-3-15/h4-7,12-13,15,27H,2-3,8-11H2,1H3,(H,25,29). The summed E-state index contributed by atoms with van der Waals surface area (Å²) in [7, 11) is 1.63. The van der Waals surface area contributed by atoms with Crippen LogP contribution in [0.2, 0.25) is 0 Å². The van der Waals surface area contributed by atoms with Crippen LogP contribution in [0.3, 0.4) is 0 Å². The number of hydrogen-bond acceptors (Lipinski definition) is 5. The lowest BCUT2D eigenvalue weighted by molar-refractivity contribution is 0.0950. The Hall–Kier alpha value is -3.16. The van der Waals surface area contributed by atoms with Crippen LogP contribution in [0.15, 0.2) is 41.5 Å². The summed E-state index contributed by atoms with van der Waals surface area (Å²) in [6, 6.07) is 10.0. The lowest BCUT2D eigenvalue weighted by Gasteiger charge is -2.29. The Morgan fingerprint density at radius 1 is 1.10 bits per heavy atom. The predicted octanol–water partition coefficient (Wildman–Crippen LogP) is 3.93. The lowest BCUT2D eigenvalue weighted by atomic mass is 10.1. The molecule has 0 aromatic heterocycles. The third-order valence-corrected chi connectivity index (χ3v) is 5.32. The number of piperidine rings is 1. The summed E-state index contributed by atoms with van der Waals surface area (Å²) in [5.74, 6) is -1.33. The van der Waals surface area contributed by atoms with Crippen LogP contribution in [0.25, 0.3) is 0 Å². The first-order chi connectivity index (χ1) is 14.5. The van der Waals surface area contributed by atoms with Crippen molar-refractivity contribution in [3.8, 4) is 5.75 Å². The summed E-state index contributed by atoms with van der Waals surface area (Å²) in [6.45, 7) is 1.52. The summed E-state index contributed by atoms with van der Waals surface area (Å²) in [5, 5.41) is 6.92. The summed E-state index contributed by atoms with van der Waals surface area (Å²) in [6.07, 6.45) is 3.18. The minimum Gasteiger partial charge on any atom is -0.497 e. The Morgan fingerprint density at radius 3 is 2.30 bits per heavy atom. The van der Waals surface area contributed by atoms with E-state index >= 15 is 0 Å². The largest absolute Gasteiger partial charge is 0.497 e. The fraction of sp³-hybridized carbons (Fsp3) is 0.364. The van der Waals surface area contributed by atoms with E-state index in [9.17, 15) is 13.6 Å². The van der Waals surface area contributed by atoms with E-state index in [0.717, 1.165) is 55.2 Å². The average molecular weight is 414 g/mol. The van der Waals surface area contributed by atoms with Gasteiger partial charge in [0.2, 0.25) is 0 Å². The van der Waals surface area contributed by atoms with Gasteiger partial charge in [0.05, 0.1) is 7.11 Å². The van der Waals surface area contributed by atoms with Crippen molar-refractivity contribution in [2.75, 3.05) is 30.5 Å². The Balaban J connectivity index is 1.36. The molecule has 2 aromatic rings.